The number of fused-ring (bicyclic) bond motifs is 1. The third-order valence-corrected chi connectivity index (χ3v) is 8.60. The van der Waals surface area contributed by atoms with Crippen LogP contribution in [-0.2, 0) is 6.54 Å². The van der Waals surface area contributed by atoms with Gasteiger partial charge in [0.15, 0.2) is 5.65 Å². The number of likely N-dealkylation sites (tertiary alicyclic amines) is 1. The van der Waals surface area contributed by atoms with Crippen molar-refractivity contribution >= 4 is 29.1 Å². The minimum absolute atomic E-state index is 0.0231. The number of rotatable bonds is 7. The highest BCUT2D eigenvalue weighted by atomic mass is 32.2. The first kappa shape index (κ1) is 27.5. The molecule has 0 saturated carbocycles. The highest BCUT2D eigenvalue weighted by Crippen LogP contribution is 2.38. The summed E-state index contributed by atoms with van der Waals surface area (Å²) in [5, 5.41) is 17.2. The molecule has 214 valence electrons. The van der Waals surface area contributed by atoms with Crippen molar-refractivity contribution in [1.82, 2.24) is 24.8 Å². The second kappa shape index (κ2) is 11.7. The smallest absolute Gasteiger partial charge is 0.256 e. The molecule has 11 heteroatoms. The van der Waals surface area contributed by atoms with Gasteiger partial charge in [-0.2, -0.15) is 5.10 Å². The van der Waals surface area contributed by atoms with E-state index >= 15 is 0 Å². The Balaban J connectivity index is 1.16. The van der Waals surface area contributed by atoms with Crippen molar-refractivity contribution in [2.45, 2.75) is 49.0 Å². The van der Waals surface area contributed by atoms with E-state index in [2.05, 4.69) is 15.3 Å². The fraction of sp³-hybridized carbons (Fsp3) is 0.367. The minimum Gasteiger partial charge on any atom is -0.508 e. The molecule has 0 radical (unpaired) electrons. The van der Waals surface area contributed by atoms with Crippen molar-refractivity contribution in [3.63, 3.8) is 0 Å². The fourth-order valence-electron chi connectivity index (χ4n) is 5.84. The van der Waals surface area contributed by atoms with Crippen molar-refractivity contribution in [3.05, 3.63) is 83.4 Å². The molecule has 2 aliphatic rings. The highest BCUT2D eigenvalue weighted by Gasteiger charge is 2.35. The van der Waals surface area contributed by atoms with Crippen LogP contribution >= 0.6 is 11.8 Å². The quantitative estimate of drug-likeness (QED) is 0.299. The maximum absolute atomic E-state index is 14.7. The summed E-state index contributed by atoms with van der Waals surface area (Å²) in [7, 11) is 0. The van der Waals surface area contributed by atoms with Gasteiger partial charge in [0.1, 0.15) is 29.1 Å². The van der Waals surface area contributed by atoms with Gasteiger partial charge < -0.3 is 15.3 Å². The number of aromatic hydroxyl groups is 1. The van der Waals surface area contributed by atoms with Gasteiger partial charge in [-0.3, -0.25) is 9.69 Å². The lowest BCUT2D eigenvalue weighted by molar-refractivity contribution is 0.0910. The number of carbonyl (C=O) groups is 1. The van der Waals surface area contributed by atoms with Gasteiger partial charge in [-0.05, 0) is 66.6 Å². The van der Waals surface area contributed by atoms with E-state index in [0.717, 1.165) is 42.9 Å². The Labute approximate surface area is 241 Å². The van der Waals surface area contributed by atoms with Crippen LogP contribution in [0.5, 0.6) is 5.75 Å². The largest absolute Gasteiger partial charge is 0.508 e. The Hall–Kier alpha value is -3.70. The number of alkyl halides is 1. The lowest BCUT2D eigenvalue weighted by atomic mass is 10.0. The van der Waals surface area contributed by atoms with Crippen LogP contribution in [0.15, 0.2) is 65.8 Å². The maximum Gasteiger partial charge on any atom is 0.256 e. The zero-order valence-corrected chi connectivity index (χ0v) is 23.5. The number of phenols is 1. The van der Waals surface area contributed by atoms with E-state index in [4.69, 9.17) is 4.98 Å². The molecule has 2 aromatic carbocycles. The number of piperidine rings is 1. The van der Waals surface area contributed by atoms with Crippen LogP contribution in [0.25, 0.3) is 5.65 Å². The number of hydrogen-bond acceptors (Lipinski definition) is 7. The third-order valence-electron chi connectivity index (χ3n) is 7.90. The average molecular weight is 579 g/mol. The summed E-state index contributed by atoms with van der Waals surface area (Å²) in [6.07, 6.45) is 5.88. The van der Waals surface area contributed by atoms with Gasteiger partial charge in [-0.15, -0.1) is 11.8 Å². The highest BCUT2D eigenvalue weighted by molar-refractivity contribution is 7.98. The van der Waals surface area contributed by atoms with Crippen molar-refractivity contribution in [3.8, 4) is 5.75 Å². The molecule has 0 spiro atoms. The molecule has 0 unspecified atom stereocenters. The lowest BCUT2D eigenvalue weighted by Gasteiger charge is -2.32. The molecule has 2 fully saturated rings. The van der Waals surface area contributed by atoms with Crippen LogP contribution in [0, 0.1) is 5.82 Å². The second-order valence-corrected chi connectivity index (χ2v) is 11.6. The average Bonchev–Trinajstić information content (AvgIpc) is 3.57. The Bertz CT molecular complexity index is 1560. The van der Waals surface area contributed by atoms with E-state index in [1.807, 2.05) is 29.4 Å². The molecule has 2 atom stereocenters. The topological polar surface area (TPSA) is 86.0 Å². The predicted molar refractivity (Wildman–Crippen MR) is 155 cm³/mol. The van der Waals surface area contributed by atoms with Crippen LogP contribution in [0.4, 0.5) is 14.6 Å². The standard InChI is InChI=1S/C30H32F2N6O2S/c1-41-25-13-20(12-21(31)14-25)27-15-22(32)18-37(27)28-7-10-38-29(35-28)26(16-33-38)30(40)34-23-5-8-36(9-6-23)17-19-3-2-4-24(39)11-19/h2-4,7,10-14,16,22-23,27,39H,5-6,8-9,15,17-18H2,1H3,(H,34,40)/t22-,27+/m0/s1. The summed E-state index contributed by atoms with van der Waals surface area (Å²) >= 11 is 1.44. The second-order valence-electron chi connectivity index (χ2n) is 10.7. The Morgan fingerprint density at radius 2 is 2.00 bits per heavy atom. The van der Waals surface area contributed by atoms with E-state index in [1.54, 1.807) is 28.9 Å². The van der Waals surface area contributed by atoms with Gasteiger partial charge >= 0.3 is 0 Å². The first-order chi connectivity index (χ1) is 19.9. The molecular formula is C30H32F2N6O2S. The van der Waals surface area contributed by atoms with Gasteiger partial charge in [0, 0.05) is 43.2 Å². The molecule has 2 aromatic heterocycles. The van der Waals surface area contributed by atoms with E-state index in [9.17, 15) is 18.7 Å². The number of nitrogens with zero attached hydrogens (tertiary/aromatic N) is 5. The molecule has 0 aliphatic carbocycles. The number of phenolic OH excluding ortho intramolecular Hbond substituents is 1. The normalized spacial score (nSPS) is 20.1. The van der Waals surface area contributed by atoms with Gasteiger partial charge in [0.05, 0.1) is 18.8 Å². The molecule has 8 nitrogen and oxygen atoms in total. The first-order valence-corrected chi connectivity index (χ1v) is 15.0. The van der Waals surface area contributed by atoms with E-state index < -0.39 is 6.17 Å². The fourth-order valence-corrected chi connectivity index (χ4v) is 6.32. The molecule has 4 aromatic rings. The van der Waals surface area contributed by atoms with Crippen molar-refractivity contribution < 1.29 is 18.7 Å². The van der Waals surface area contributed by atoms with E-state index in [0.29, 0.717) is 22.6 Å². The van der Waals surface area contributed by atoms with Gasteiger partial charge in [0.25, 0.3) is 5.91 Å². The lowest BCUT2D eigenvalue weighted by Crippen LogP contribution is -2.44. The van der Waals surface area contributed by atoms with Gasteiger partial charge in [-0.1, -0.05) is 12.1 Å². The Morgan fingerprint density at radius 3 is 2.78 bits per heavy atom. The van der Waals surface area contributed by atoms with Gasteiger partial charge in [0.2, 0.25) is 0 Å². The van der Waals surface area contributed by atoms with Crippen LogP contribution in [0.1, 0.15) is 46.8 Å². The predicted octanol–water partition coefficient (Wildman–Crippen LogP) is 4.98. The number of amides is 1. The first-order valence-electron chi connectivity index (χ1n) is 13.8. The van der Waals surface area contributed by atoms with E-state index in [1.165, 1.54) is 30.1 Å². The van der Waals surface area contributed by atoms with Crippen LogP contribution in [0.2, 0.25) is 0 Å². The molecule has 6 rings (SSSR count). The van der Waals surface area contributed by atoms with Crippen molar-refractivity contribution in [2.24, 2.45) is 0 Å². The molecule has 0 bridgehead atoms. The molecule has 2 N–H and O–H groups in total. The zero-order valence-electron chi connectivity index (χ0n) is 22.7. The van der Waals surface area contributed by atoms with Gasteiger partial charge in [-0.25, -0.2) is 18.3 Å². The molecule has 4 heterocycles. The monoisotopic (exact) mass is 578 g/mol. The van der Waals surface area contributed by atoms with Crippen LogP contribution in [-0.4, -0.2) is 68.6 Å². The van der Waals surface area contributed by atoms with Crippen LogP contribution < -0.4 is 10.2 Å². The Kier molecular flexibility index (Phi) is 7.81. The van der Waals surface area contributed by atoms with Crippen molar-refractivity contribution in [2.75, 3.05) is 30.8 Å². The molecule has 1 amide bonds. The maximum atomic E-state index is 14.7. The molecule has 2 saturated heterocycles. The number of anilines is 1. The SMILES string of the molecule is CSc1cc(F)cc([C@H]2C[C@H](F)CN2c2ccn3ncc(C(=O)NC4CCN(Cc5cccc(O)c5)CC4)c3n2)c1. The molecule has 41 heavy (non-hydrogen) atoms. The van der Waals surface area contributed by atoms with E-state index in [-0.39, 0.29) is 42.5 Å². The number of halogens is 2. The molecule has 2 aliphatic heterocycles. The van der Waals surface area contributed by atoms with Crippen LogP contribution in [0.3, 0.4) is 0 Å². The zero-order chi connectivity index (χ0) is 28.5. The minimum atomic E-state index is -1.08. The number of carbonyl (C=O) groups excluding carboxylic acids is 1. The number of benzene rings is 2. The summed E-state index contributed by atoms with van der Waals surface area (Å²) in [4.78, 5) is 23.0. The van der Waals surface area contributed by atoms with Crippen molar-refractivity contribution in [1.29, 1.82) is 0 Å². The number of aromatic nitrogens is 3. The summed E-state index contributed by atoms with van der Waals surface area (Å²) in [6.45, 7) is 2.55. The number of thioether (sulfide) groups is 1. The third kappa shape index (κ3) is 6.01. The number of hydrogen-bond donors (Lipinski definition) is 2. The number of nitrogens with one attached hydrogen (secondary N) is 1. The Morgan fingerprint density at radius 1 is 1.17 bits per heavy atom. The molecular weight excluding hydrogens is 546 g/mol. The summed E-state index contributed by atoms with van der Waals surface area (Å²) in [5.74, 6) is 0.190. The summed E-state index contributed by atoms with van der Waals surface area (Å²) in [6, 6.07) is 13.5. The summed E-state index contributed by atoms with van der Waals surface area (Å²) in [5.41, 5.74) is 2.52. The summed E-state index contributed by atoms with van der Waals surface area (Å²) < 4.78 is 30.6.